The molecule has 27 heavy (non-hydrogen) atoms. The molecule has 5 nitrogen and oxygen atoms in total. The number of nitrogens with zero attached hydrogens (tertiary/aromatic N) is 4. The van der Waals surface area contributed by atoms with E-state index in [-0.39, 0.29) is 0 Å². The van der Waals surface area contributed by atoms with Crippen LogP contribution in [0.1, 0.15) is 0 Å². The van der Waals surface area contributed by atoms with Crippen LogP contribution in [0.15, 0.2) is 42.7 Å². The zero-order valence-corrected chi connectivity index (χ0v) is 16.1. The Morgan fingerprint density at radius 1 is 1.00 bits per heavy atom. The summed E-state index contributed by atoms with van der Waals surface area (Å²) in [5.74, 6) is 0.930. The van der Waals surface area contributed by atoms with Crippen molar-refractivity contribution in [3.63, 3.8) is 0 Å². The van der Waals surface area contributed by atoms with Crippen LogP contribution in [0.4, 0.5) is 5.82 Å². The molecule has 0 radical (unpaired) electrons. The molecule has 0 spiro atoms. The molecule has 0 bridgehead atoms. The molecule has 2 aromatic carbocycles. The Kier molecular flexibility index (Phi) is 5.25. The Morgan fingerprint density at radius 3 is 2.56 bits per heavy atom. The summed E-state index contributed by atoms with van der Waals surface area (Å²) in [6.07, 6.45) is 2.56. The van der Waals surface area contributed by atoms with Crippen LogP contribution < -0.4 is 4.90 Å². The van der Waals surface area contributed by atoms with Gasteiger partial charge in [-0.25, -0.2) is 9.97 Å². The summed E-state index contributed by atoms with van der Waals surface area (Å²) in [6, 6.07) is 11.6. The van der Waals surface area contributed by atoms with E-state index in [1.54, 1.807) is 12.4 Å². The van der Waals surface area contributed by atoms with Crippen LogP contribution in [0.25, 0.3) is 22.0 Å². The Hall–Kier alpha value is -2.21. The fraction of sp³-hybridized carbons (Fsp3) is 0.250. The number of aldehydes is 1. The van der Waals surface area contributed by atoms with Crippen molar-refractivity contribution in [1.82, 2.24) is 14.9 Å². The van der Waals surface area contributed by atoms with Gasteiger partial charge in [0.15, 0.2) is 0 Å². The van der Waals surface area contributed by atoms with E-state index in [4.69, 9.17) is 23.2 Å². The van der Waals surface area contributed by atoms with Gasteiger partial charge in [-0.15, -0.1) is 0 Å². The molecule has 1 aliphatic heterocycles. The van der Waals surface area contributed by atoms with E-state index in [9.17, 15) is 4.79 Å². The first-order chi connectivity index (χ1) is 13.2. The molecule has 0 saturated carbocycles. The van der Waals surface area contributed by atoms with Crippen LogP contribution >= 0.6 is 23.2 Å². The van der Waals surface area contributed by atoms with E-state index in [1.807, 2.05) is 30.3 Å². The van der Waals surface area contributed by atoms with Crippen LogP contribution in [0.5, 0.6) is 0 Å². The first-order valence-electron chi connectivity index (χ1n) is 8.77. The van der Waals surface area contributed by atoms with E-state index in [1.165, 1.54) is 0 Å². The molecule has 0 amide bonds. The zero-order valence-electron chi connectivity index (χ0n) is 14.6. The average molecular weight is 401 g/mol. The molecule has 1 aromatic heterocycles. The standard InChI is InChI=1S/C20H18Cl2N4O/c21-15-2-4-16(18(22)12-15)14-1-3-17-19(11-14)23-13-24-20(17)26-7-5-25(6-8-26)9-10-27/h1-4,10-13H,5-9H2. The third kappa shape index (κ3) is 3.76. The quantitative estimate of drug-likeness (QED) is 0.621. The molecule has 0 aliphatic carbocycles. The van der Waals surface area contributed by atoms with Gasteiger partial charge >= 0.3 is 0 Å². The molecule has 3 aromatic rings. The number of aromatic nitrogens is 2. The minimum absolute atomic E-state index is 0.490. The molecule has 1 saturated heterocycles. The van der Waals surface area contributed by atoms with E-state index < -0.39 is 0 Å². The van der Waals surface area contributed by atoms with Gasteiger partial charge in [0.25, 0.3) is 0 Å². The van der Waals surface area contributed by atoms with Crippen LogP contribution in [0.3, 0.4) is 0 Å². The molecule has 138 valence electrons. The first kappa shape index (κ1) is 18.2. The fourth-order valence-corrected chi connectivity index (χ4v) is 3.95. The Morgan fingerprint density at radius 2 is 1.81 bits per heavy atom. The Balaban J connectivity index is 1.66. The van der Waals surface area contributed by atoms with Crippen molar-refractivity contribution in [3.05, 3.63) is 52.8 Å². The van der Waals surface area contributed by atoms with Gasteiger partial charge in [-0.05, 0) is 29.8 Å². The van der Waals surface area contributed by atoms with Crippen molar-refractivity contribution in [1.29, 1.82) is 0 Å². The van der Waals surface area contributed by atoms with Crippen molar-refractivity contribution in [2.24, 2.45) is 0 Å². The number of hydrogen-bond donors (Lipinski definition) is 0. The molecular weight excluding hydrogens is 383 g/mol. The minimum Gasteiger partial charge on any atom is -0.353 e. The third-order valence-corrected chi connectivity index (χ3v) is 5.41. The van der Waals surface area contributed by atoms with Gasteiger partial charge in [-0.1, -0.05) is 35.3 Å². The fourth-order valence-electron chi connectivity index (χ4n) is 3.43. The van der Waals surface area contributed by atoms with Gasteiger partial charge in [-0.2, -0.15) is 0 Å². The SMILES string of the molecule is O=CCN1CCN(c2ncnc3cc(-c4ccc(Cl)cc4Cl)ccc23)CC1. The second-order valence-corrected chi connectivity index (χ2v) is 7.35. The highest BCUT2D eigenvalue weighted by Crippen LogP contribution is 2.33. The summed E-state index contributed by atoms with van der Waals surface area (Å²) in [5.41, 5.74) is 2.79. The molecular formula is C20H18Cl2N4O. The van der Waals surface area contributed by atoms with Crippen LogP contribution in [-0.4, -0.2) is 53.9 Å². The van der Waals surface area contributed by atoms with Gasteiger partial charge in [0.05, 0.1) is 12.1 Å². The monoisotopic (exact) mass is 400 g/mol. The molecule has 1 aliphatic rings. The average Bonchev–Trinajstić information content (AvgIpc) is 2.68. The second-order valence-electron chi connectivity index (χ2n) is 6.51. The lowest BCUT2D eigenvalue weighted by molar-refractivity contribution is -0.108. The van der Waals surface area contributed by atoms with Crippen molar-refractivity contribution < 1.29 is 4.79 Å². The normalized spacial score (nSPS) is 15.3. The maximum absolute atomic E-state index is 10.7. The van der Waals surface area contributed by atoms with Crippen molar-refractivity contribution in [2.75, 3.05) is 37.6 Å². The first-order valence-corrected chi connectivity index (χ1v) is 9.52. The van der Waals surface area contributed by atoms with E-state index in [0.717, 1.165) is 60.3 Å². The number of carbonyl (C=O) groups is 1. The summed E-state index contributed by atoms with van der Waals surface area (Å²) in [7, 11) is 0. The predicted molar refractivity (Wildman–Crippen MR) is 110 cm³/mol. The van der Waals surface area contributed by atoms with Gasteiger partial charge in [0, 0.05) is 47.2 Å². The molecule has 2 heterocycles. The molecule has 0 atom stereocenters. The number of benzene rings is 2. The lowest BCUT2D eigenvalue weighted by Crippen LogP contribution is -2.47. The van der Waals surface area contributed by atoms with Gasteiger partial charge in [0.2, 0.25) is 0 Å². The van der Waals surface area contributed by atoms with Crippen LogP contribution in [0.2, 0.25) is 10.0 Å². The van der Waals surface area contributed by atoms with Crippen molar-refractivity contribution in [3.8, 4) is 11.1 Å². The highest BCUT2D eigenvalue weighted by molar-refractivity contribution is 6.36. The van der Waals surface area contributed by atoms with Crippen LogP contribution in [-0.2, 0) is 4.79 Å². The summed E-state index contributed by atoms with van der Waals surface area (Å²) in [4.78, 5) is 24.1. The lowest BCUT2D eigenvalue weighted by atomic mass is 10.0. The number of anilines is 1. The largest absolute Gasteiger partial charge is 0.353 e. The molecule has 1 fully saturated rings. The topological polar surface area (TPSA) is 49.3 Å². The van der Waals surface area contributed by atoms with Gasteiger partial charge in [-0.3, -0.25) is 4.90 Å². The second kappa shape index (κ2) is 7.80. The number of piperazine rings is 1. The van der Waals surface area contributed by atoms with E-state index in [0.29, 0.717) is 16.6 Å². The zero-order chi connectivity index (χ0) is 18.8. The van der Waals surface area contributed by atoms with Gasteiger partial charge in [0.1, 0.15) is 18.4 Å². The van der Waals surface area contributed by atoms with Gasteiger partial charge < -0.3 is 9.69 Å². The molecule has 4 rings (SSSR count). The van der Waals surface area contributed by atoms with Crippen molar-refractivity contribution >= 4 is 46.2 Å². The number of hydrogen-bond acceptors (Lipinski definition) is 5. The van der Waals surface area contributed by atoms with Crippen LogP contribution in [0, 0.1) is 0 Å². The summed E-state index contributed by atoms with van der Waals surface area (Å²) < 4.78 is 0. The predicted octanol–water partition coefficient (Wildman–Crippen LogP) is 3.92. The number of halogens is 2. The number of carbonyl (C=O) groups excluding carboxylic acids is 1. The maximum atomic E-state index is 10.7. The molecule has 0 unspecified atom stereocenters. The van der Waals surface area contributed by atoms with E-state index >= 15 is 0 Å². The summed E-state index contributed by atoms with van der Waals surface area (Å²) in [6.45, 7) is 3.87. The van der Waals surface area contributed by atoms with E-state index in [2.05, 4.69) is 19.8 Å². The maximum Gasteiger partial charge on any atom is 0.139 e. The highest BCUT2D eigenvalue weighted by atomic mass is 35.5. The minimum atomic E-state index is 0.490. The lowest BCUT2D eigenvalue weighted by Gasteiger charge is -2.34. The molecule has 0 N–H and O–H groups in total. The number of fused-ring (bicyclic) bond motifs is 1. The summed E-state index contributed by atoms with van der Waals surface area (Å²) >= 11 is 12.4. The van der Waals surface area contributed by atoms with Crippen molar-refractivity contribution in [2.45, 2.75) is 0 Å². The summed E-state index contributed by atoms with van der Waals surface area (Å²) in [5, 5.41) is 2.24. The number of rotatable bonds is 4. The smallest absolute Gasteiger partial charge is 0.139 e. The third-order valence-electron chi connectivity index (χ3n) is 4.86. The Bertz CT molecular complexity index is 987. The Labute approximate surface area is 167 Å². The highest BCUT2D eigenvalue weighted by Gasteiger charge is 2.19. The molecule has 7 heteroatoms.